The lowest BCUT2D eigenvalue weighted by atomic mass is 9.94. The van der Waals surface area contributed by atoms with Crippen LogP contribution in [-0.2, 0) is 84.8 Å². The number of aromatic nitrogens is 1. The Balaban J connectivity index is 2.00. The van der Waals surface area contributed by atoms with Crippen LogP contribution >= 0.6 is 0 Å². The summed E-state index contributed by atoms with van der Waals surface area (Å²) in [5, 5.41) is 54.8. The van der Waals surface area contributed by atoms with Crippen molar-refractivity contribution in [2.75, 3.05) is 45.8 Å². The predicted molar refractivity (Wildman–Crippen MR) is 489 cm³/mol. The van der Waals surface area contributed by atoms with E-state index in [2.05, 4.69) is 119 Å². The molecule has 0 bridgehead atoms. The molecular weight excluding hydrogens is 1680 g/mol. The third-order valence-corrected chi connectivity index (χ3v) is 22.4. The number of H-pyrrole nitrogens is 1. The molecule has 130 heavy (non-hydrogen) atoms. The third kappa shape index (κ3) is 43.1. The van der Waals surface area contributed by atoms with Gasteiger partial charge in [0.05, 0.1) is 32.7 Å². The quantitative estimate of drug-likeness (QED) is 0.0184. The highest BCUT2D eigenvalue weighted by atomic mass is 16.4. The number of benzene rings is 2. The Hall–Kier alpha value is -10.4. The fourth-order valence-corrected chi connectivity index (χ4v) is 14.4. The number of unbranched alkanes of at least 4 members (excludes halogenated alkanes) is 4. The summed E-state index contributed by atoms with van der Waals surface area (Å²) in [6.07, 6.45) is 5.17. The summed E-state index contributed by atoms with van der Waals surface area (Å²) >= 11 is 0. The zero-order chi connectivity index (χ0) is 97.1. The summed E-state index contributed by atoms with van der Waals surface area (Å²) in [6, 6.07) is -1.34. The SMILES string of the molecule is CC[C@H](C)[C@H](NC(=O)[C@H](Cc1ccccc1)NC(=O)[C@H](C)[NH3+])C(=O)N[C@H](C(=O)N[C@@H](Cc1c[nH]c2ccccc12)C(=O)N[C@@H](CC(C)C)C(=O)N[C@@H](C)C(=O)N[C@@H](CCCNC(N)N)C(=O)N[C@@H](CCCNC(N)N)C(=O)N[C@@H](CC(C)C)C(=O)N[C@@H](CCCC[NH3+])C(=O)N[C@@H](CCCC[NH3+])C(=O)NCC(=O)N[C@@H](CCCC[NH3+])C(=O)N[C@@H](CCCC[NH3+])C(=O)O)[C@@H](C)CC. The molecule has 1 aromatic heterocycles. The van der Waals surface area contributed by atoms with Gasteiger partial charge in [0.25, 0.3) is 5.91 Å². The predicted octanol–water partition coefficient (Wildman–Crippen LogP) is -6.92. The van der Waals surface area contributed by atoms with Crippen LogP contribution in [0.15, 0.2) is 60.8 Å². The van der Waals surface area contributed by atoms with Crippen LogP contribution in [0.1, 0.15) is 209 Å². The number of quaternary nitrogens is 5. The zero-order valence-electron chi connectivity index (χ0n) is 78.2. The number of fused-ring (bicyclic) bond motifs is 1. The number of carboxylic acid groups (broad SMARTS) is 1. The first kappa shape index (κ1) is 114. The molecule has 0 aliphatic carbocycles. The second-order valence-corrected chi connectivity index (χ2v) is 34.8. The molecule has 14 amide bonds. The van der Waals surface area contributed by atoms with E-state index >= 15 is 9.59 Å². The van der Waals surface area contributed by atoms with Gasteiger partial charge in [0.2, 0.25) is 76.8 Å². The van der Waals surface area contributed by atoms with Crippen LogP contribution in [0.25, 0.3) is 10.9 Å². The van der Waals surface area contributed by atoms with E-state index < -0.39 is 204 Å². The van der Waals surface area contributed by atoms with Crippen molar-refractivity contribution < 1.29 is 106 Å². The van der Waals surface area contributed by atoms with Gasteiger partial charge in [-0.3, -0.25) is 77.8 Å². The van der Waals surface area contributed by atoms with Crippen LogP contribution in [0.4, 0.5) is 0 Å². The van der Waals surface area contributed by atoms with E-state index in [1.165, 1.54) is 6.92 Å². The van der Waals surface area contributed by atoms with Crippen molar-refractivity contribution in [3.05, 3.63) is 71.9 Å². The second kappa shape index (κ2) is 62.0. The molecule has 0 radical (unpaired) electrons. The molecule has 0 fully saturated rings. The smallest absolute Gasteiger partial charge is 0.326 e. The molecule has 0 unspecified atom stereocenters. The number of aromatic amines is 1. The van der Waals surface area contributed by atoms with Gasteiger partial charge in [-0.2, -0.15) is 0 Å². The number of nitrogens with one attached hydrogen (secondary N) is 17. The van der Waals surface area contributed by atoms with Crippen LogP contribution < -0.4 is 137 Å². The first-order valence-corrected chi connectivity index (χ1v) is 46.3. The molecule has 0 aliphatic heterocycles. The first-order chi connectivity index (χ1) is 61.7. The van der Waals surface area contributed by atoms with Crippen molar-refractivity contribution in [3.63, 3.8) is 0 Å². The molecule has 42 heteroatoms. The highest BCUT2D eigenvalue weighted by molar-refractivity contribution is 6.01. The Morgan fingerprint density at radius 1 is 0.369 bits per heavy atom. The van der Waals surface area contributed by atoms with Gasteiger partial charge in [-0.05, 0) is 183 Å². The minimum atomic E-state index is -1.44. The number of para-hydroxylation sites is 1. The van der Waals surface area contributed by atoms with Gasteiger partial charge in [-0.1, -0.05) is 117 Å². The van der Waals surface area contributed by atoms with E-state index in [0.717, 1.165) is 16.5 Å². The largest absolute Gasteiger partial charge is 0.480 e. The molecule has 3 rings (SSSR count). The monoisotopic (exact) mass is 1840 g/mol. The van der Waals surface area contributed by atoms with E-state index in [1.54, 1.807) is 85.0 Å². The van der Waals surface area contributed by atoms with Gasteiger partial charge in [0.15, 0.2) is 6.04 Å². The van der Waals surface area contributed by atoms with Gasteiger partial charge in [0, 0.05) is 29.9 Å². The van der Waals surface area contributed by atoms with E-state index in [-0.39, 0.29) is 102 Å². The maximum atomic E-state index is 15.2. The number of hydrogen-bond acceptors (Lipinski definition) is 21. The van der Waals surface area contributed by atoms with Crippen LogP contribution in [0.3, 0.4) is 0 Å². The molecule has 41 N–H and O–H groups in total. The van der Waals surface area contributed by atoms with E-state index in [9.17, 15) is 67.4 Å². The van der Waals surface area contributed by atoms with Crippen LogP contribution in [0, 0.1) is 23.7 Å². The highest BCUT2D eigenvalue weighted by Gasteiger charge is 2.40. The Morgan fingerprint density at radius 3 is 1.15 bits per heavy atom. The molecule has 0 saturated heterocycles. The van der Waals surface area contributed by atoms with Gasteiger partial charge in [-0.25, -0.2) is 4.79 Å². The summed E-state index contributed by atoms with van der Waals surface area (Å²) in [5.41, 5.74) is 44.6. The summed E-state index contributed by atoms with van der Waals surface area (Å²) in [5.74, 6) is -13.4. The average Bonchev–Trinajstić information content (AvgIpc) is 1.67. The maximum absolute atomic E-state index is 15.2. The summed E-state index contributed by atoms with van der Waals surface area (Å²) in [4.78, 5) is 217. The van der Waals surface area contributed by atoms with Crippen molar-refractivity contribution in [2.24, 2.45) is 46.6 Å². The maximum Gasteiger partial charge on any atom is 0.326 e. The Bertz CT molecular complexity index is 4010. The summed E-state index contributed by atoms with van der Waals surface area (Å²) in [6.45, 7) is 19.1. The Kier molecular flexibility index (Phi) is 54.3. The van der Waals surface area contributed by atoms with Gasteiger partial charge in [-0.15, -0.1) is 0 Å². The lowest BCUT2D eigenvalue weighted by Crippen LogP contribution is -2.68. The molecular formula is C88H159N26O16+5. The first-order valence-electron chi connectivity index (χ1n) is 46.3. The van der Waals surface area contributed by atoms with E-state index in [4.69, 9.17) is 22.9 Å². The second-order valence-electron chi connectivity index (χ2n) is 34.8. The third-order valence-electron chi connectivity index (χ3n) is 22.4. The Labute approximate surface area is 763 Å². The average molecular weight is 1840 g/mol. The van der Waals surface area contributed by atoms with Crippen LogP contribution in [0.2, 0.25) is 0 Å². The molecule has 0 spiro atoms. The minimum absolute atomic E-state index is 0.00839. The molecule has 16 atom stereocenters. The van der Waals surface area contributed by atoms with Crippen molar-refractivity contribution in [3.8, 4) is 0 Å². The molecule has 732 valence electrons. The number of carbonyl (C=O) groups is 15. The molecule has 1 heterocycles. The van der Waals surface area contributed by atoms with Crippen molar-refractivity contribution in [1.82, 2.24) is 90.1 Å². The topological polar surface area (TPSA) is 727 Å². The van der Waals surface area contributed by atoms with Crippen LogP contribution in [-0.4, -0.2) is 242 Å². The molecule has 0 saturated carbocycles. The number of amides is 14. The van der Waals surface area contributed by atoms with Crippen molar-refractivity contribution in [1.29, 1.82) is 0 Å². The number of nitrogens with two attached hydrogens (primary N) is 4. The number of rotatable bonds is 67. The van der Waals surface area contributed by atoms with Gasteiger partial charge < -0.3 is 136 Å². The van der Waals surface area contributed by atoms with Crippen LogP contribution in [0.5, 0.6) is 0 Å². The van der Waals surface area contributed by atoms with E-state index in [1.807, 2.05) is 38.1 Å². The minimum Gasteiger partial charge on any atom is -0.480 e. The Morgan fingerprint density at radius 2 is 0.715 bits per heavy atom. The number of carboxylic acids is 1. The summed E-state index contributed by atoms with van der Waals surface area (Å²) < 4.78 is 0. The van der Waals surface area contributed by atoms with Crippen molar-refractivity contribution >= 4 is 99.6 Å². The highest BCUT2D eigenvalue weighted by Crippen LogP contribution is 2.22. The zero-order valence-corrected chi connectivity index (χ0v) is 78.2. The fourth-order valence-electron chi connectivity index (χ4n) is 14.4. The molecule has 0 aliphatic rings. The normalized spacial score (nSPS) is 15.2. The standard InChI is InChI=1S/C88H154N26O16/c1-11-52(7)71(114-85(128)72(53(8)12-2)113-83(126)68(109-73(116)54(9)93)46-56-28-14-13-15-29-56)84(127)112-69(47-57-48-100-59-31-17-16-30-58(57)59)82(125)111-66(44-50(3)4)80(123)102-55(10)74(117)104-63(36-26-42-98-87(94)95)78(121)106-64(37-27-43-99-88(96)97)79(122)110-67(45-51(5)6)81(124)107-62(34-20-24-40-91)77(120)105-60(32-18-22-38-89)75(118)101-49-70(115)103-61(33-19-23-39-90)76(119)108-65(86(129)130)35-21-25-41-92/h13-17,28-31,48,50-55,60-69,71-72,87-88,98-100H,11-12,18-27,32-47,49,89-97H2,1-10H3,(H,101,118)(H,102,123)(H,103,115)(H,104,117)(H,105,120)(H,106,121)(H,107,124)(H,108,119)(H,109,116)(H,110,122)(H,111,125)(H,112,127)(H,113,126)(H,114,128)(H,129,130)/p+5/t52-,53-,54-,55-,60-,61-,62-,63-,64-,65-,66-,67-,68-,69-,71-,72-/m0/s1. The van der Waals surface area contributed by atoms with Gasteiger partial charge in [0.1, 0.15) is 91.1 Å². The lowest BCUT2D eigenvalue weighted by Gasteiger charge is -2.31. The number of hydrogen-bond donors (Lipinski definition) is 27. The molecule has 3 aromatic rings. The lowest BCUT2D eigenvalue weighted by molar-refractivity contribution is -0.398. The van der Waals surface area contributed by atoms with E-state index in [0.29, 0.717) is 96.0 Å². The number of aliphatic carboxylic acids is 1. The fraction of sp³-hybridized carbons (Fsp3) is 0.670. The van der Waals surface area contributed by atoms with Crippen molar-refractivity contribution in [2.45, 2.75) is 308 Å². The number of carbonyl (C=O) groups excluding carboxylic acids is 14. The van der Waals surface area contributed by atoms with Gasteiger partial charge >= 0.3 is 5.97 Å². The molecule has 2 aromatic carbocycles. The molecule has 42 nitrogen and oxygen atoms in total. The summed E-state index contributed by atoms with van der Waals surface area (Å²) in [7, 11) is 0.